The largest absolute Gasteiger partial charge is 0.389 e. The van der Waals surface area contributed by atoms with Crippen LogP contribution < -0.4 is 11.1 Å². The maximum atomic E-state index is 11.8. The van der Waals surface area contributed by atoms with E-state index >= 15 is 0 Å². The molecule has 0 radical (unpaired) electrons. The Labute approximate surface area is 118 Å². The van der Waals surface area contributed by atoms with Crippen LogP contribution in [0.4, 0.5) is 5.69 Å². The molecule has 92 valence electrons. The summed E-state index contributed by atoms with van der Waals surface area (Å²) in [4.78, 5) is 16.0. The summed E-state index contributed by atoms with van der Waals surface area (Å²) < 4.78 is 0. The van der Waals surface area contributed by atoms with Gasteiger partial charge in [-0.05, 0) is 12.1 Å². The van der Waals surface area contributed by atoms with Crippen LogP contribution in [0.2, 0.25) is 5.02 Å². The predicted molar refractivity (Wildman–Crippen MR) is 77.4 cm³/mol. The second-order valence-electron chi connectivity index (χ2n) is 3.39. The van der Waals surface area contributed by atoms with Crippen LogP contribution in [0.5, 0.6) is 0 Å². The summed E-state index contributed by atoms with van der Waals surface area (Å²) in [5, 5.41) is 4.73. The van der Waals surface area contributed by atoms with Gasteiger partial charge in [-0.25, -0.2) is 4.98 Å². The minimum atomic E-state index is -0.321. The van der Waals surface area contributed by atoms with Gasteiger partial charge in [-0.2, -0.15) is 0 Å². The third kappa shape index (κ3) is 2.84. The van der Waals surface area contributed by atoms with Gasteiger partial charge < -0.3 is 11.1 Å². The summed E-state index contributed by atoms with van der Waals surface area (Å²) in [5.74, 6) is -0.321. The van der Waals surface area contributed by atoms with E-state index in [1.165, 1.54) is 11.3 Å². The summed E-state index contributed by atoms with van der Waals surface area (Å²) in [6.07, 6.45) is 0. The van der Waals surface area contributed by atoms with E-state index in [1.54, 1.807) is 29.1 Å². The quantitative estimate of drug-likeness (QED) is 0.855. The van der Waals surface area contributed by atoms with Crippen molar-refractivity contribution in [2.24, 2.45) is 5.73 Å². The van der Waals surface area contributed by atoms with Crippen molar-refractivity contribution >= 4 is 51.7 Å². The number of rotatable bonds is 3. The number of nitrogens with zero attached hydrogens (tertiary/aromatic N) is 1. The normalized spacial score (nSPS) is 10.1. The van der Waals surface area contributed by atoms with E-state index in [0.717, 1.165) is 0 Å². The Bertz CT molecular complexity index is 598. The van der Waals surface area contributed by atoms with Crippen LogP contribution in [0.25, 0.3) is 0 Å². The van der Waals surface area contributed by atoms with Gasteiger partial charge in [0.1, 0.15) is 10.7 Å². The summed E-state index contributed by atoms with van der Waals surface area (Å²) in [6.45, 7) is 0. The fourth-order valence-electron chi connectivity index (χ4n) is 1.29. The van der Waals surface area contributed by atoms with Gasteiger partial charge in [0.2, 0.25) is 0 Å². The minimum absolute atomic E-state index is 0.246. The lowest BCUT2D eigenvalue weighted by Crippen LogP contribution is -2.14. The van der Waals surface area contributed by atoms with Crippen LogP contribution in [0.15, 0.2) is 29.1 Å². The number of thiazole rings is 1. The second kappa shape index (κ2) is 5.43. The average Bonchev–Trinajstić information content (AvgIpc) is 2.85. The number of carbonyl (C=O) groups is 1. The van der Waals surface area contributed by atoms with Gasteiger partial charge in [0.05, 0.1) is 16.2 Å². The molecule has 0 saturated heterocycles. The molecule has 18 heavy (non-hydrogen) atoms. The number of halogens is 1. The van der Waals surface area contributed by atoms with Gasteiger partial charge >= 0.3 is 0 Å². The molecule has 3 N–H and O–H groups in total. The van der Waals surface area contributed by atoms with Crippen molar-refractivity contribution in [3.8, 4) is 0 Å². The fourth-order valence-corrected chi connectivity index (χ4v) is 2.11. The predicted octanol–water partition coefficient (Wildman–Crippen LogP) is 2.68. The van der Waals surface area contributed by atoms with Gasteiger partial charge in [-0.1, -0.05) is 29.9 Å². The Balaban J connectivity index is 2.26. The van der Waals surface area contributed by atoms with Crippen LogP contribution in [0.1, 0.15) is 16.1 Å². The molecule has 2 rings (SSSR count). The molecule has 2 aromatic rings. The average molecular weight is 298 g/mol. The SMILES string of the molecule is NC(=S)c1ccc(Cl)c(NC(=O)c2cscn2)c1. The molecule has 0 atom stereocenters. The van der Waals surface area contributed by atoms with Crippen molar-refractivity contribution in [2.75, 3.05) is 5.32 Å². The Morgan fingerprint density at radius 3 is 2.89 bits per heavy atom. The molecular formula is C11H8ClN3OS2. The second-order valence-corrected chi connectivity index (χ2v) is 4.95. The van der Waals surface area contributed by atoms with Crippen LogP contribution >= 0.6 is 35.2 Å². The van der Waals surface area contributed by atoms with Crippen molar-refractivity contribution in [3.05, 3.63) is 45.4 Å². The fraction of sp³-hybridized carbons (Fsp3) is 0. The number of aromatic nitrogens is 1. The van der Waals surface area contributed by atoms with E-state index in [9.17, 15) is 4.79 Å². The van der Waals surface area contributed by atoms with Crippen molar-refractivity contribution < 1.29 is 4.79 Å². The maximum absolute atomic E-state index is 11.8. The summed E-state index contributed by atoms with van der Waals surface area (Å²) >= 11 is 12.2. The maximum Gasteiger partial charge on any atom is 0.275 e. The first-order valence-electron chi connectivity index (χ1n) is 4.87. The highest BCUT2D eigenvalue weighted by Crippen LogP contribution is 2.23. The molecule has 1 heterocycles. The van der Waals surface area contributed by atoms with E-state index < -0.39 is 0 Å². The summed E-state index contributed by atoms with van der Waals surface area (Å²) in [7, 11) is 0. The Morgan fingerprint density at radius 2 is 2.28 bits per heavy atom. The molecule has 7 heteroatoms. The third-order valence-corrected chi connectivity index (χ3v) is 3.32. The van der Waals surface area contributed by atoms with Gasteiger partial charge in [0.25, 0.3) is 5.91 Å². The van der Waals surface area contributed by atoms with E-state index in [1.807, 2.05) is 0 Å². The molecule has 0 fully saturated rings. The molecule has 0 unspecified atom stereocenters. The topological polar surface area (TPSA) is 68.0 Å². The van der Waals surface area contributed by atoms with Gasteiger partial charge in [0, 0.05) is 10.9 Å². The smallest absolute Gasteiger partial charge is 0.275 e. The number of thiocarbonyl (C=S) groups is 1. The summed E-state index contributed by atoms with van der Waals surface area (Å²) in [5.41, 5.74) is 8.55. The minimum Gasteiger partial charge on any atom is -0.389 e. The van der Waals surface area contributed by atoms with E-state index in [2.05, 4.69) is 10.3 Å². The lowest BCUT2D eigenvalue weighted by molar-refractivity contribution is 0.102. The standard InChI is InChI=1S/C11H8ClN3OS2/c12-7-2-1-6(10(13)17)3-8(7)15-11(16)9-4-18-5-14-9/h1-5H,(H2,13,17)(H,15,16). The molecule has 0 saturated carbocycles. The lowest BCUT2D eigenvalue weighted by Gasteiger charge is -2.07. The molecule has 0 bridgehead atoms. The van der Waals surface area contributed by atoms with Crippen molar-refractivity contribution in [3.63, 3.8) is 0 Å². The number of carbonyl (C=O) groups excluding carboxylic acids is 1. The number of amides is 1. The molecule has 4 nitrogen and oxygen atoms in total. The van der Waals surface area contributed by atoms with Gasteiger partial charge in [0.15, 0.2) is 0 Å². The van der Waals surface area contributed by atoms with Crippen LogP contribution in [0.3, 0.4) is 0 Å². The molecule has 0 aliphatic rings. The zero-order valence-electron chi connectivity index (χ0n) is 9.01. The first kappa shape index (κ1) is 12.9. The van der Waals surface area contributed by atoms with E-state index in [-0.39, 0.29) is 10.9 Å². The van der Waals surface area contributed by atoms with E-state index in [0.29, 0.717) is 22.0 Å². The first-order valence-corrected chi connectivity index (χ1v) is 6.59. The highest BCUT2D eigenvalue weighted by molar-refractivity contribution is 7.80. The number of hydrogen-bond acceptors (Lipinski definition) is 4. The Morgan fingerprint density at radius 1 is 1.50 bits per heavy atom. The van der Waals surface area contributed by atoms with E-state index in [4.69, 9.17) is 29.6 Å². The highest BCUT2D eigenvalue weighted by atomic mass is 35.5. The van der Waals surface area contributed by atoms with Crippen LogP contribution in [-0.4, -0.2) is 15.9 Å². The van der Waals surface area contributed by atoms with Crippen molar-refractivity contribution in [1.82, 2.24) is 4.98 Å². The summed E-state index contributed by atoms with van der Waals surface area (Å²) in [6, 6.07) is 4.96. The third-order valence-electron chi connectivity index (χ3n) is 2.16. The number of nitrogens with one attached hydrogen (secondary N) is 1. The number of anilines is 1. The lowest BCUT2D eigenvalue weighted by atomic mass is 10.2. The molecule has 1 amide bonds. The zero-order chi connectivity index (χ0) is 13.1. The Kier molecular flexibility index (Phi) is 3.90. The molecule has 0 aliphatic carbocycles. The zero-order valence-corrected chi connectivity index (χ0v) is 11.4. The van der Waals surface area contributed by atoms with Crippen LogP contribution in [-0.2, 0) is 0 Å². The molecule has 1 aromatic heterocycles. The Hall–Kier alpha value is -1.50. The number of hydrogen-bond donors (Lipinski definition) is 2. The monoisotopic (exact) mass is 297 g/mol. The molecule has 0 aliphatic heterocycles. The molecular weight excluding hydrogens is 290 g/mol. The number of nitrogens with two attached hydrogens (primary N) is 1. The highest BCUT2D eigenvalue weighted by Gasteiger charge is 2.11. The van der Waals surface area contributed by atoms with Crippen molar-refractivity contribution in [1.29, 1.82) is 0 Å². The van der Waals surface area contributed by atoms with Crippen LogP contribution in [0, 0.1) is 0 Å². The van der Waals surface area contributed by atoms with Gasteiger partial charge in [-0.15, -0.1) is 11.3 Å². The first-order chi connectivity index (χ1) is 8.58. The number of benzene rings is 1. The molecule has 0 spiro atoms. The van der Waals surface area contributed by atoms with Gasteiger partial charge in [-0.3, -0.25) is 4.79 Å². The molecule has 1 aromatic carbocycles. The van der Waals surface area contributed by atoms with Crippen molar-refractivity contribution in [2.45, 2.75) is 0 Å².